The normalized spacial score (nSPS) is 13.2. The maximum atomic E-state index is 12.3. The van der Waals surface area contributed by atoms with Gasteiger partial charge < -0.3 is 10.1 Å². The lowest BCUT2D eigenvalue weighted by Crippen LogP contribution is -2.29. The van der Waals surface area contributed by atoms with Crippen molar-refractivity contribution >= 4 is 5.91 Å². The molecule has 0 saturated heterocycles. The number of fused-ring (bicyclic) bond motifs is 1. The average Bonchev–Trinajstić information content (AvgIpc) is 2.70. The van der Waals surface area contributed by atoms with Crippen molar-refractivity contribution in [2.45, 2.75) is 58.9 Å². The number of hydrogen-bond donors (Lipinski definition) is 1. The number of rotatable bonds is 7. The Balaban J connectivity index is 1.57. The van der Waals surface area contributed by atoms with Gasteiger partial charge in [-0.25, -0.2) is 0 Å². The van der Waals surface area contributed by atoms with Gasteiger partial charge in [-0.15, -0.1) is 0 Å². The van der Waals surface area contributed by atoms with E-state index in [1.54, 1.807) is 0 Å². The molecule has 0 atom stereocenters. The molecular weight excluding hydrogens is 322 g/mol. The molecule has 1 amide bonds. The summed E-state index contributed by atoms with van der Waals surface area (Å²) < 4.78 is 5.84. The zero-order valence-corrected chi connectivity index (χ0v) is 15.9. The maximum absolute atomic E-state index is 12.3. The highest BCUT2D eigenvalue weighted by Crippen LogP contribution is 2.29. The van der Waals surface area contributed by atoms with E-state index < -0.39 is 0 Å². The molecule has 0 bridgehead atoms. The molecule has 2 aromatic carbocycles. The van der Waals surface area contributed by atoms with Crippen LogP contribution in [-0.2, 0) is 37.0 Å². The van der Waals surface area contributed by atoms with Crippen molar-refractivity contribution < 1.29 is 9.53 Å². The maximum Gasteiger partial charge on any atom is 0.258 e. The Kier molecular flexibility index (Phi) is 6.32. The van der Waals surface area contributed by atoms with Crippen LogP contribution in [0.25, 0.3) is 0 Å². The fourth-order valence-electron chi connectivity index (χ4n) is 3.68. The van der Waals surface area contributed by atoms with E-state index in [2.05, 4.69) is 43.4 Å². The molecule has 1 N–H and O–H groups in total. The molecule has 3 rings (SSSR count). The number of nitrogens with one attached hydrogen (secondary N) is 1. The van der Waals surface area contributed by atoms with Crippen molar-refractivity contribution in [1.82, 2.24) is 5.32 Å². The van der Waals surface area contributed by atoms with E-state index in [0.717, 1.165) is 31.4 Å². The smallest absolute Gasteiger partial charge is 0.258 e. The summed E-state index contributed by atoms with van der Waals surface area (Å²) in [5.74, 6) is 0.807. The van der Waals surface area contributed by atoms with Gasteiger partial charge in [0.2, 0.25) is 0 Å². The summed E-state index contributed by atoms with van der Waals surface area (Å²) in [5.41, 5.74) is 6.46. The van der Waals surface area contributed by atoms with Crippen LogP contribution in [-0.4, -0.2) is 12.5 Å². The van der Waals surface area contributed by atoms with Crippen molar-refractivity contribution in [3.8, 4) is 5.75 Å². The largest absolute Gasteiger partial charge is 0.483 e. The van der Waals surface area contributed by atoms with Crippen molar-refractivity contribution in [2.24, 2.45) is 0 Å². The number of hydrogen-bond acceptors (Lipinski definition) is 2. The average molecular weight is 351 g/mol. The monoisotopic (exact) mass is 351 g/mol. The highest BCUT2D eigenvalue weighted by Gasteiger charge is 2.14. The SMILES string of the molecule is CCc1ccc(CC)c(CNC(=O)COc2cccc3c2CCCC3)c1. The second-order valence-electron chi connectivity index (χ2n) is 6.98. The molecule has 26 heavy (non-hydrogen) atoms. The molecule has 0 saturated carbocycles. The minimum Gasteiger partial charge on any atom is -0.483 e. The Hall–Kier alpha value is -2.29. The van der Waals surface area contributed by atoms with Crippen LogP contribution in [0.3, 0.4) is 0 Å². The van der Waals surface area contributed by atoms with Gasteiger partial charge in [-0.1, -0.05) is 44.2 Å². The number of carbonyl (C=O) groups is 1. The van der Waals surface area contributed by atoms with Gasteiger partial charge in [0.15, 0.2) is 6.61 Å². The van der Waals surface area contributed by atoms with Crippen LogP contribution in [0.2, 0.25) is 0 Å². The third-order valence-corrected chi connectivity index (χ3v) is 5.25. The molecular formula is C23H29NO2. The number of amides is 1. The van der Waals surface area contributed by atoms with Gasteiger partial charge in [0.05, 0.1) is 0 Å². The van der Waals surface area contributed by atoms with E-state index >= 15 is 0 Å². The van der Waals surface area contributed by atoms with E-state index in [1.165, 1.54) is 40.7 Å². The number of aryl methyl sites for hydroxylation is 3. The minimum atomic E-state index is -0.0673. The van der Waals surface area contributed by atoms with Gasteiger partial charge >= 0.3 is 0 Å². The van der Waals surface area contributed by atoms with E-state index in [-0.39, 0.29) is 12.5 Å². The summed E-state index contributed by atoms with van der Waals surface area (Å²) in [7, 11) is 0. The lowest BCUT2D eigenvalue weighted by atomic mass is 9.91. The first-order chi connectivity index (χ1) is 12.7. The lowest BCUT2D eigenvalue weighted by Gasteiger charge is -2.19. The van der Waals surface area contributed by atoms with Crippen LogP contribution in [0.15, 0.2) is 36.4 Å². The third kappa shape index (κ3) is 4.46. The summed E-state index contributed by atoms with van der Waals surface area (Å²) >= 11 is 0. The summed E-state index contributed by atoms with van der Waals surface area (Å²) in [4.78, 5) is 12.3. The second kappa shape index (κ2) is 8.88. The van der Waals surface area contributed by atoms with Gasteiger partial charge in [0.1, 0.15) is 5.75 Å². The molecule has 0 aliphatic heterocycles. The van der Waals surface area contributed by atoms with Crippen molar-refractivity contribution in [3.63, 3.8) is 0 Å². The second-order valence-corrected chi connectivity index (χ2v) is 6.98. The summed E-state index contributed by atoms with van der Waals surface area (Å²) in [6.45, 7) is 4.93. The molecule has 3 nitrogen and oxygen atoms in total. The molecule has 2 aromatic rings. The fraction of sp³-hybridized carbons (Fsp3) is 0.435. The standard InChI is InChI=1S/C23H29NO2/c1-3-17-12-13-18(4-2)20(14-17)15-24-23(25)16-26-22-11-7-9-19-8-5-6-10-21(19)22/h7,9,11-14H,3-6,8,10,15-16H2,1-2H3,(H,24,25). The van der Waals surface area contributed by atoms with Crippen LogP contribution in [0, 0.1) is 0 Å². The molecule has 1 aliphatic rings. The topological polar surface area (TPSA) is 38.3 Å². The summed E-state index contributed by atoms with van der Waals surface area (Å²) in [6, 6.07) is 12.7. The fourth-order valence-corrected chi connectivity index (χ4v) is 3.68. The Morgan fingerprint density at radius 2 is 1.88 bits per heavy atom. The zero-order chi connectivity index (χ0) is 18.4. The van der Waals surface area contributed by atoms with E-state index in [1.807, 2.05) is 12.1 Å². The van der Waals surface area contributed by atoms with Gasteiger partial charge in [-0.3, -0.25) is 4.79 Å². The molecule has 0 spiro atoms. The first-order valence-corrected chi connectivity index (χ1v) is 9.82. The van der Waals surface area contributed by atoms with Gasteiger partial charge in [0.25, 0.3) is 5.91 Å². The van der Waals surface area contributed by atoms with E-state index in [0.29, 0.717) is 6.54 Å². The molecule has 1 aliphatic carbocycles. The summed E-state index contributed by atoms with van der Waals surface area (Å²) in [6.07, 6.45) is 6.60. The molecule has 0 radical (unpaired) electrons. The van der Waals surface area contributed by atoms with Gasteiger partial charge in [0, 0.05) is 6.54 Å². The highest BCUT2D eigenvalue weighted by molar-refractivity contribution is 5.77. The van der Waals surface area contributed by atoms with Crippen LogP contribution < -0.4 is 10.1 Å². The molecule has 0 unspecified atom stereocenters. The first-order valence-electron chi connectivity index (χ1n) is 9.82. The number of benzene rings is 2. The van der Waals surface area contributed by atoms with E-state index in [4.69, 9.17) is 4.74 Å². The summed E-state index contributed by atoms with van der Waals surface area (Å²) in [5, 5.41) is 3.01. The Bertz CT molecular complexity index is 759. The van der Waals surface area contributed by atoms with Crippen LogP contribution in [0.1, 0.15) is 54.5 Å². The van der Waals surface area contributed by atoms with E-state index in [9.17, 15) is 4.79 Å². The molecule has 3 heteroatoms. The Morgan fingerprint density at radius 3 is 2.69 bits per heavy atom. The van der Waals surface area contributed by atoms with Crippen LogP contribution in [0.4, 0.5) is 0 Å². The quantitative estimate of drug-likeness (QED) is 0.804. The highest BCUT2D eigenvalue weighted by atomic mass is 16.5. The zero-order valence-electron chi connectivity index (χ0n) is 15.9. The molecule has 138 valence electrons. The first kappa shape index (κ1) is 18.5. The molecule has 0 fully saturated rings. The van der Waals surface area contributed by atoms with Crippen LogP contribution >= 0.6 is 0 Å². The predicted molar refractivity (Wildman–Crippen MR) is 106 cm³/mol. The van der Waals surface area contributed by atoms with Crippen molar-refractivity contribution in [1.29, 1.82) is 0 Å². The third-order valence-electron chi connectivity index (χ3n) is 5.25. The predicted octanol–water partition coefficient (Wildman–Crippen LogP) is 4.39. The van der Waals surface area contributed by atoms with Gasteiger partial charge in [-0.2, -0.15) is 0 Å². The van der Waals surface area contributed by atoms with Gasteiger partial charge in [-0.05, 0) is 72.4 Å². The number of carbonyl (C=O) groups excluding carboxylic acids is 1. The van der Waals surface area contributed by atoms with Crippen molar-refractivity contribution in [2.75, 3.05) is 6.61 Å². The van der Waals surface area contributed by atoms with Crippen molar-refractivity contribution in [3.05, 3.63) is 64.2 Å². The number of ether oxygens (including phenoxy) is 1. The Morgan fingerprint density at radius 1 is 1.04 bits per heavy atom. The molecule has 0 heterocycles. The minimum absolute atomic E-state index is 0.0673. The van der Waals surface area contributed by atoms with Crippen LogP contribution in [0.5, 0.6) is 5.75 Å². The molecule has 0 aromatic heterocycles. The lowest BCUT2D eigenvalue weighted by molar-refractivity contribution is -0.123. The Labute approximate surface area is 156 Å².